The summed E-state index contributed by atoms with van der Waals surface area (Å²) in [5.74, 6) is -3.31. The molecule has 4 aliphatic rings. The van der Waals surface area contributed by atoms with E-state index < -0.39 is 96.1 Å². The number of nitrogens with one attached hydrogen (secondary N) is 2. The van der Waals surface area contributed by atoms with E-state index in [9.17, 15) is 49.2 Å². The van der Waals surface area contributed by atoms with Crippen LogP contribution in [-0.2, 0) is 19.2 Å². The van der Waals surface area contributed by atoms with Crippen molar-refractivity contribution in [1.82, 2.24) is 10.6 Å². The number of aliphatic carboxylic acids is 4. The molecule has 0 spiro atoms. The number of carboxylic acids is 4. The second-order valence-electron chi connectivity index (χ2n) is 22.3. The minimum absolute atomic E-state index is 0.242. The first-order chi connectivity index (χ1) is 33.4. The fraction of sp³-hybridized carbons (Fsp3) is 0.636. The van der Waals surface area contributed by atoms with Crippen LogP contribution in [0.15, 0.2) is 30.3 Å². The summed E-state index contributed by atoms with van der Waals surface area (Å²) >= 11 is 13.1. The first kappa shape index (κ1) is 55.5. The van der Waals surface area contributed by atoms with Crippen LogP contribution < -0.4 is 10.6 Å². The highest BCUT2D eigenvalue weighted by Crippen LogP contribution is 2.69. The lowest BCUT2D eigenvalue weighted by molar-refractivity contribution is -0.142. The van der Waals surface area contributed by atoms with Gasteiger partial charge in [-0.25, -0.2) is 9.59 Å². The van der Waals surface area contributed by atoms with E-state index in [1.165, 1.54) is 82.1 Å². The molecule has 4 fully saturated rings. The van der Waals surface area contributed by atoms with Crippen LogP contribution in [0.5, 0.6) is 11.5 Å². The summed E-state index contributed by atoms with van der Waals surface area (Å²) < 4.78 is 0. The number of amides is 2. The average molecular weight is 1030 g/mol. The van der Waals surface area contributed by atoms with E-state index in [1.807, 2.05) is 6.08 Å². The highest BCUT2D eigenvalue weighted by atomic mass is 35.5. The standard InChI is InChI=1S/C55H74Cl2N2O12/c1-29(2)8-6-9-30(3)39-14-15-40-36-13-12-34-24-31(20-22-54(34,4)41(36)21-23-55(39,40)5)10-7-11-35(32-25-37(48(64)42(56)27-32)50(66)58-44(52(68)69)16-18-46(60)61)33-26-38(49(65)43(57)28-33)51(67)59-45(53(70)71)17-19-47(62)63/h11,25-31,34,36,39-41,44-45,64-65H,6-10,12-24H2,1-5H3,(H,58,66)(H,59,67)(H,60,61)(H,62,63)(H,68,69)(H,70,71)/t30?,31-,34?,36-,39+,40-,41-,44-,45-,54-,55+/m0/s1. The molecule has 0 heterocycles. The van der Waals surface area contributed by atoms with Crippen LogP contribution in [0.25, 0.3) is 5.57 Å². The Morgan fingerprint density at radius 3 is 1.70 bits per heavy atom. The molecule has 14 nitrogen and oxygen atoms in total. The number of allylic oxidation sites excluding steroid dienone is 1. The average Bonchev–Trinajstić information content (AvgIpc) is 3.66. The normalized spacial score (nSPS) is 27.0. The van der Waals surface area contributed by atoms with Gasteiger partial charge in [0.2, 0.25) is 0 Å². The maximum Gasteiger partial charge on any atom is 0.326 e. The lowest BCUT2D eigenvalue weighted by Crippen LogP contribution is -2.53. The number of carbonyl (C=O) groups is 6. The summed E-state index contributed by atoms with van der Waals surface area (Å²) in [5.41, 5.74) is 0.724. The zero-order chi connectivity index (χ0) is 52.1. The van der Waals surface area contributed by atoms with Gasteiger partial charge in [-0.3, -0.25) is 19.2 Å². The summed E-state index contributed by atoms with van der Waals surface area (Å²) in [6.45, 7) is 12.4. The number of rotatable bonds is 22. The summed E-state index contributed by atoms with van der Waals surface area (Å²) in [4.78, 5) is 73.8. The number of phenolic OH excluding ortho intramolecular Hbond substituents is 2. The van der Waals surface area contributed by atoms with Gasteiger partial charge in [-0.05, 0) is 183 Å². The molecule has 16 heteroatoms. The molecular formula is C55H74Cl2N2O12. The second kappa shape index (κ2) is 23.4. The molecule has 0 radical (unpaired) electrons. The molecular weight excluding hydrogens is 952 g/mol. The Morgan fingerprint density at radius 2 is 1.20 bits per heavy atom. The Kier molecular flexibility index (Phi) is 18.3. The number of carboxylic acid groups (broad SMARTS) is 4. The van der Waals surface area contributed by atoms with Crippen LogP contribution in [-0.4, -0.2) is 78.4 Å². The van der Waals surface area contributed by atoms with E-state index >= 15 is 0 Å². The summed E-state index contributed by atoms with van der Waals surface area (Å²) in [6, 6.07) is 2.10. The zero-order valence-corrected chi connectivity index (χ0v) is 43.3. The maximum atomic E-state index is 13.6. The molecule has 2 unspecified atom stereocenters. The smallest absolute Gasteiger partial charge is 0.326 e. The molecule has 6 rings (SSSR count). The van der Waals surface area contributed by atoms with Crippen LogP contribution >= 0.6 is 23.2 Å². The third-order valence-electron chi connectivity index (χ3n) is 17.6. The van der Waals surface area contributed by atoms with Crippen molar-refractivity contribution in [2.24, 2.45) is 58.2 Å². The van der Waals surface area contributed by atoms with E-state index in [4.69, 9.17) is 33.4 Å². The van der Waals surface area contributed by atoms with Crippen LogP contribution in [0.4, 0.5) is 0 Å². The van der Waals surface area contributed by atoms with E-state index in [2.05, 4.69) is 45.3 Å². The highest BCUT2D eigenvalue weighted by Gasteiger charge is 2.60. The van der Waals surface area contributed by atoms with E-state index in [-0.39, 0.29) is 26.6 Å². The first-order valence-electron chi connectivity index (χ1n) is 25.7. The molecule has 4 aliphatic carbocycles. The monoisotopic (exact) mass is 1020 g/mol. The van der Waals surface area contributed by atoms with Crippen molar-refractivity contribution >= 4 is 64.5 Å². The van der Waals surface area contributed by atoms with Gasteiger partial charge in [0.15, 0.2) is 0 Å². The van der Waals surface area contributed by atoms with Gasteiger partial charge in [0, 0.05) is 12.8 Å². The van der Waals surface area contributed by atoms with Gasteiger partial charge < -0.3 is 41.3 Å². The Morgan fingerprint density at radius 1 is 0.676 bits per heavy atom. The molecule has 4 saturated carbocycles. The minimum Gasteiger partial charge on any atom is -0.506 e. The molecule has 0 aromatic heterocycles. The molecule has 0 saturated heterocycles. The number of hydrogen-bond acceptors (Lipinski definition) is 8. The Balaban J connectivity index is 1.26. The van der Waals surface area contributed by atoms with Crippen molar-refractivity contribution in [3.63, 3.8) is 0 Å². The predicted octanol–water partition coefficient (Wildman–Crippen LogP) is 11.4. The zero-order valence-electron chi connectivity index (χ0n) is 41.8. The number of phenols is 2. The first-order valence-corrected chi connectivity index (χ1v) is 26.5. The molecule has 0 aliphatic heterocycles. The van der Waals surface area contributed by atoms with Crippen molar-refractivity contribution in [3.8, 4) is 11.5 Å². The fourth-order valence-corrected chi connectivity index (χ4v) is 14.3. The number of carbonyl (C=O) groups excluding carboxylic acids is 2. The van der Waals surface area contributed by atoms with Gasteiger partial charge in [0.05, 0.1) is 21.2 Å². The third-order valence-corrected chi connectivity index (χ3v) is 18.2. The summed E-state index contributed by atoms with van der Waals surface area (Å²) in [5, 5.41) is 63.9. The fourth-order valence-electron chi connectivity index (χ4n) is 13.9. The molecule has 11 atom stereocenters. The Bertz CT molecular complexity index is 2260. The lowest BCUT2D eigenvalue weighted by Gasteiger charge is -2.61. The Labute approximate surface area is 427 Å². The third kappa shape index (κ3) is 12.7. The van der Waals surface area contributed by atoms with Crippen molar-refractivity contribution < 1.29 is 59.4 Å². The molecule has 390 valence electrons. The number of hydrogen-bond donors (Lipinski definition) is 8. The molecule has 71 heavy (non-hydrogen) atoms. The highest BCUT2D eigenvalue weighted by molar-refractivity contribution is 6.33. The minimum atomic E-state index is -1.61. The largest absolute Gasteiger partial charge is 0.506 e. The van der Waals surface area contributed by atoms with Crippen LogP contribution in [0.3, 0.4) is 0 Å². The predicted molar refractivity (Wildman–Crippen MR) is 271 cm³/mol. The van der Waals surface area contributed by atoms with Gasteiger partial charge in [-0.15, -0.1) is 0 Å². The number of benzene rings is 2. The van der Waals surface area contributed by atoms with E-state index in [0.29, 0.717) is 29.2 Å². The van der Waals surface area contributed by atoms with Crippen LogP contribution in [0.2, 0.25) is 10.0 Å². The molecule has 2 aromatic carbocycles. The number of fused-ring (bicyclic) bond motifs is 5. The maximum absolute atomic E-state index is 13.6. The Hall–Kier alpha value is -4.82. The van der Waals surface area contributed by atoms with Gasteiger partial charge in [-0.1, -0.05) is 83.2 Å². The van der Waals surface area contributed by atoms with E-state index in [0.717, 1.165) is 61.2 Å². The van der Waals surface area contributed by atoms with Crippen molar-refractivity contribution in [2.75, 3.05) is 0 Å². The number of aromatic hydroxyl groups is 2. The van der Waals surface area contributed by atoms with Gasteiger partial charge in [-0.2, -0.15) is 0 Å². The molecule has 0 bridgehead atoms. The van der Waals surface area contributed by atoms with Crippen LogP contribution in [0.1, 0.15) is 182 Å². The van der Waals surface area contributed by atoms with Crippen molar-refractivity contribution in [1.29, 1.82) is 0 Å². The van der Waals surface area contributed by atoms with Gasteiger partial charge in [0.1, 0.15) is 23.6 Å². The van der Waals surface area contributed by atoms with Crippen molar-refractivity contribution in [3.05, 3.63) is 62.6 Å². The lowest BCUT2D eigenvalue weighted by atomic mass is 9.44. The van der Waals surface area contributed by atoms with Crippen molar-refractivity contribution in [2.45, 2.75) is 162 Å². The topological polar surface area (TPSA) is 248 Å². The summed E-state index contributed by atoms with van der Waals surface area (Å²) in [7, 11) is 0. The molecule has 2 amide bonds. The molecule has 8 N–H and O–H groups in total. The molecule has 2 aromatic rings. The quantitative estimate of drug-likeness (QED) is 0.0549. The van der Waals surface area contributed by atoms with E-state index in [1.54, 1.807) is 0 Å². The number of halogens is 2. The summed E-state index contributed by atoms with van der Waals surface area (Å²) in [6.07, 6.45) is 16.4. The second-order valence-corrected chi connectivity index (χ2v) is 23.1. The van der Waals surface area contributed by atoms with Gasteiger partial charge >= 0.3 is 23.9 Å². The van der Waals surface area contributed by atoms with Crippen LogP contribution in [0, 0.1) is 58.2 Å². The SMILES string of the molecule is CC(C)CCCC(C)[C@H]1CC[C@H]2[C@@H]3CCC4C[C@@H](CCC=C(c5cc(Cl)c(O)c(C(=O)N[C@@H](CCC(=O)O)C(=O)O)c5)c5cc(Cl)c(O)c(C(=O)N[C@@H](CCC(=O)O)C(=O)O)c5)CC[C@]4(C)[C@H]3CC[C@]12C. The van der Waals surface area contributed by atoms with Gasteiger partial charge in [0.25, 0.3) is 11.8 Å².